The van der Waals surface area contributed by atoms with E-state index in [1.54, 1.807) is 7.11 Å². The number of hydrogen-bond donors (Lipinski definition) is 2. The molecule has 1 aromatic carbocycles. The SMILES string of the molecule is COc1ccccc1C1CNCCN1Cc1cc(C(F)(F)F)n[nH]1. The van der Waals surface area contributed by atoms with Crippen LogP contribution in [0.5, 0.6) is 5.75 Å². The lowest BCUT2D eigenvalue weighted by molar-refractivity contribution is -0.141. The minimum atomic E-state index is -4.43. The topological polar surface area (TPSA) is 53.2 Å². The molecule has 2 aromatic rings. The van der Waals surface area contributed by atoms with Crippen molar-refractivity contribution in [3.8, 4) is 5.75 Å². The molecule has 1 saturated heterocycles. The minimum absolute atomic E-state index is 0.0209. The summed E-state index contributed by atoms with van der Waals surface area (Å²) in [7, 11) is 1.62. The van der Waals surface area contributed by atoms with Gasteiger partial charge in [-0.3, -0.25) is 10.00 Å². The highest BCUT2D eigenvalue weighted by molar-refractivity contribution is 5.36. The second-order valence-corrected chi connectivity index (χ2v) is 5.71. The molecule has 3 rings (SSSR count). The van der Waals surface area contributed by atoms with Crippen LogP contribution in [-0.4, -0.2) is 41.8 Å². The van der Waals surface area contributed by atoms with Crippen LogP contribution in [-0.2, 0) is 12.7 Å². The summed E-state index contributed by atoms with van der Waals surface area (Å²) in [5.41, 5.74) is 0.577. The smallest absolute Gasteiger partial charge is 0.435 e. The first-order valence-electron chi connectivity index (χ1n) is 7.68. The predicted molar refractivity (Wildman–Crippen MR) is 82.6 cm³/mol. The zero-order valence-electron chi connectivity index (χ0n) is 13.2. The van der Waals surface area contributed by atoms with Gasteiger partial charge in [0.25, 0.3) is 0 Å². The van der Waals surface area contributed by atoms with Crippen molar-refractivity contribution in [2.75, 3.05) is 26.7 Å². The number of aromatic nitrogens is 2. The highest BCUT2D eigenvalue weighted by Gasteiger charge is 2.34. The number of methoxy groups -OCH3 is 1. The number of benzene rings is 1. The molecule has 24 heavy (non-hydrogen) atoms. The Kier molecular flexibility index (Phi) is 4.77. The fraction of sp³-hybridized carbons (Fsp3) is 0.438. The van der Waals surface area contributed by atoms with Gasteiger partial charge >= 0.3 is 6.18 Å². The van der Waals surface area contributed by atoms with Gasteiger partial charge in [0.15, 0.2) is 5.69 Å². The van der Waals surface area contributed by atoms with Gasteiger partial charge in [-0.05, 0) is 12.1 Å². The lowest BCUT2D eigenvalue weighted by Crippen LogP contribution is -2.45. The van der Waals surface area contributed by atoms with Gasteiger partial charge in [-0.1, -0.05) is 18.2 Å². The van der Waals surface area contributed by atoms with Crippen LogP contribution < -0.4 is 10.1 Å². The zero-order valence-corrected chi connectivity index (χ0v) is 13.2. The van der Waals surface area contributed by atoms with Crippen molar-refractivity contribution in [3.05, 3.63) is 47.3 Å². The lowest BCUT2D eigenvalue weighted by Gasteiger charge is -2.36. The summed E-state index contributed by atoms with van der Waals surface area (Å²) in [6.45, 7) is 2.59. The monoisotopic (exact) mass is 340 g/mol. The van der Waals surface area contributed by atoms with Gasteiger partial charge in [-0.2, -0.15) is 18.3 Å². The van der Waals surface area contributed by atoms with E-state index in [0.717, 1.165) is 30.5 Å². The normalized spacial score (nSPS) is 19.4. The third-order valence-electron chi connectivity index (χ3n) is 4.15. The molecule has 0 radical (unpaired) electrons. The molecule has 0 amide bonds. The molecule has 130 valence electrons. The lowest BCUT2D eigenvalue weighted by atomic mass is 10.0. The molecule has 0 spiro atoms. The maximum absolute atomic E-state index is 12.7. The highest BCUT2D eigenvalue weighted by atomic mass is 19.4. The summed E-state index contributed by atoms with van der Waals surface area (Å²) >= 11 is 0. The van der Waals surface area contributed by atoms with Crippen molar-refractivity contribution >= 4 is 0 Å². The highest BCUT2D eigenvalue weighted by Crippen LogP contribution is 2.32. The van der Waals surface area contributed by atoms with E-state index in [1.165, 1.54) is 0 Å². The van der Waals surface area contributed by atoms with E-state index in [9.17, 15) is 13.2 Å². The number of alkyl halides is 3. The van der Waals surface area contributed by atoms with Gasteiger partial charge in [-0.25, -0.2) is 0 Å². The third kappa shape index (κ3) is 3.54. The van der Waals surface area contributed by atoms with Crippen molar-refractivity contribution in [2.24, 2.45) is 0 Å². The van der Waals surface area contributed by atoms with E-state index in [-0.39, 0.29) is 6.04 Å². The van der Waals surface area contributed by atoms with Crippen molar-refractivity contribution in [1.29, 1.82) is 0 Å². The van der Waals surface area contributed by atoms with Crippen LogP contribution in [0.1, 0.15) is 23.0 Å². The summed E-state index contributed by atoms with van der Waals surface area (Å²) in [6, 6.07) is 8.79. The molecule has 1 aliphatic heterocycles. The Morgan fingerprint density at radius 2 is 2.12 bits per heavy atom. The van der Waals surface area contributed by atoms with E-state index in [1.807, 2.05) is 24.3 Å². The number of piperazine rings is 1. The Labute approximate surface area is 137 Å². The number of nitrogens with zero attached hydrogens (tertiary/aromatic N) is 2. The summed E-state index contributed by atoms with van der Waals surface area (Å²) in [5.74, 6) is 0.775. The predicted octanol–water partition coefficient (Wildman–Crippen LogP) is 2.58. The van der Waals surface area contributed by atoms with Gasteiger partial charge in [0.1, 0.15) is 5.75 Å². The van der Waals surface area contributed by atoms with Gasteiger partial charge in [0, 0.05) is 37.4 Å². The zero-order chi connectivity index (χ0) is 17.2. The third-order valence-corrected chi connectivity index (χ3v) is 4.15. The molecule has 0 aliphatic carbocycles. The molecule has 1 unspecified atom stereocenters. The summed E-state index contributed by atoms with van der Waals surface area (Å²) in [4.78, 5) is 2.13. The standard InChI is InChI=1S/C16H19F3N4O/c1-24-14-5-3-2-4-12(14)13-9-20-6-7-23(13)10-11-8-15(22-21-11)16(17,18)19/h2-5,8,13,20H,6-7,9-10H2,1H3,(H,21,22). The van der Waals surface area contributed by atoms with Gasteiger partial charge in [0.2, 0.25) is 0 Å². The molecule has 2 heterocycles. The van der Waals surface area contributed by atoms with Gasteiger partial charge in [-0.15, -0.1) is 0 Å². The molecule has 1 fully saturated rings. The molecular weight excluding hydrogens is 321 g/mol. The first kappa shape index (κ1) is 16.8. The summed E-state index contributed by atoms with van der Waals surface area (Å²) in [5, 5.41) is 9.19. The molecule has 1 atom stereocenters. The van der Waals surface area contributed by atoms with Crippen LogP contribution in [0.2, 0.25) is 0 Å². The number of nitrogens with one attached hydrogen (secondary N) is 2. The van der Waals surface area contributed by atoms with Gasteiger partial charge < -0.3 is 10.1 Å². The van der Waals surface area contributed by atoms with Gasteiger partial charge in [0.05, 0.1) is 13.2 Å². The number of rotatable bonds is 4. The Balaban J connectivity index is 1.81. The maximum atomic E-state index is 12.7. The molecule has 2 N–H and O–H groups in total. The average molecular weight is 340 g/mol. The number of aromatic amines is 1. The van der Waals surface area contributed by atoms with E-state index in [2.05, 4.69) is 20.4 Å². The second-order valence-electron chi connectivity index (χ2n) is 5.71. The Morgan fingerprint density at radius 1 is 1.33 bits per heavy atom. The molecule has 5 nitrogen and oxygen atoms in total. The second kappa shape index (κ2) is 6.82. The number of H-pyrrole nitrogens is 1. The van der Waals surface area contributed by atoms with Crippen LogP contribution in [0.25, 0.3) is 0 Å². The Morgan fingerprint density at radius 3 is 2.83 bits per heavy atom. The van der Waals surface area contributed by atoms with Crippen LogP contribution in [0.15, 0.2) is 30.3 Å². The Bertz CT molecular complexity index is 686. The van der Waals surface area contributed by atoms with Crippen molar-refractivity contribution < 1.29 is 17.9 Å². The summed E-state index contributed by atoms with van der Waals surface area (Å²) < 4.78 is 43.5. The van der Waals surface area contributed by atoms with Crippen LogP contribution in [0.3, 0.4) is 0 Å². The molecular formula is C16H19F3N4O. The number of hydrogen-bond acceptors (Lipinski definition) is 4. The largest absolute Gasteiger partial charge is 0.496 e. The fourth-order valence-corrected chi connectivity index (χ4v) is 2.99. The molecule has 1 aliphatic rings. The first-order valence-corrected chi connectivity index (χ1v) is 7.68. The molecule has 0 saturated carbocycles. The van der Waals surface area contributed by atoms with E-state index < -0.39 is 11.9 Å². The maximum Gasteiger partial charge on any atom is 0.435 e. The number of para-hydroxylation sites is 1. The van der Waals surface area contributed by atoms with Crippen molar-refractivity contribution in [1.82, 2.24) is 20.4 Å². The quantitative estimate of drug-likeness (QED) is 0.898. The van der Waals surface area contributed by atoms with Crippen LogP contribution in [0.4, 0.5) is 13.2 Å². The minimum Gasteiger partial charge on any atom is -0.496 e. The average Bonchev–Trinajstić information content (AvgIpc) is 3.04. The molecule has 1 aromatic heterocycles. The van der Waals surface area contributed by atoms with E-state index >= 15 is 0 Å². The van der Waals surface area contributed by atoms with Crippen LogP contribution >= 0.6 is 0 Å². The molecule has 0 bridgehead atoms. The van der Waals surface area contributed by atoms with Crippen molar-refractivity contribution in [2.45, 2.75) is 18.8 Å². The first-order chi connectivity index (χ1) is 11.5. The summed E-state index contributed by atoms with van der Waals surface area (Å²) in [6.07, 6.45) is -4.43. The van der Waals surface area contributed by atoms with Crippen molar-refractivity contribution in [3.63, 3.8) is 0 Å². The van der Waals surface area contributed by atoms with Crippen LogP contribution in [0, 0.1) is 0 Å². The Hall–Kier alpha value is -2.06. The fourth-order valence-electron chi connectivity index (χ4n) is 2.99. The molecule has 8 heteroatoms. The van der Waals surface area contributed by atoms with E-state index in [4.69, 9.17) is 4.74 Å². The number of ether oxygens (including phenoxy) is 1. The van der Waals surface area contributed by atoms with E-state index in [0.29, 0.717) is 18.8 Å². The number of halogens is 3.